The molecule has 17 heavy (non-hydrogen) atoms. The molecule has 0 aliphatic carbocycles. The van der Waals surface area contributed by atoms with Crippen LogP contribution in [-0.4, -0.2) is 26.4 Å². The van der Waals surface area contributed by atoms with E-state index in [0.717, 1.165) is 6.42 Å². The molecule has 0 spiro atoms. The normalized spacial score (nSPS) is 11.2. The molecule has 0 unspecified atom stereocenters. The second-order valence-electron chi connectivity index (χ2n) is 3.63. The van der Waals surface area contributed by atoms with E-state index in [1.54, 1.807) is 12.1 Å². The number of sulfonamides is 1. The van der Waals surface area contributed by atoms with Crippen molar-refractivity contribution in [1.82, 2.24) is 0 Å². The predicted molar refractivity (Wildman–Crippen MR) is 67.0 cm³/mol. The molecule has 0 bridgehead atoms. The lowest BCUT2D eigenvalue weighted by Crippen LogP contribution is -2.17. The molecule has 1 aromatic rings. The molecular weight excluding hydrogens is 242 g/mol. The monoisotopic (exact) mass is 259 g/mol. The molecule has 0 atom stereocenters. The Morgan fingerprint density at radius 1 is 1.41 bits per heavy atom. The average molecular weight is 259 g/mol. The molecule has 0 radical (unpaired) electrons. The SMILES string of the molecule is CCCCS(=O)(=O)Nc1c(O)cccc1OC. The summed E-state index contributed by atoms with van der Waals surface area (Å²) in [6.07, 6.45) is 1.37. The van der Waals surface area contributed by atoms with E-state index in [-0.39, 0.29) is 17.2 Å². The first-order chi connectivity index (χ1) is 8.00. The fraction of sp³-hybridized carbons (Fsp3) is 0.455. The fourth-order valence-electron chi connectivity index (χ4n) is 1.33. The number of benzene rings is 1. The van der Waals surface area contributed by atoms with Crippen LogP contribution in [0, 0.1) is 0 Å². The summed E-state index contributed by atoms with van der Waals surface area (Å²) >= 11 is 0. The van der Waals surface area contributed by atoms with Gasteiger partial charge in [0.05, 0.1) is 12.9 Å². The topological polar surface area (TPSA) is 75.6 Å². The minimum atomic E-state index is -3.44. The van der Waals surface area contributed by atoms with Crippen molar-refractivity contribution in [2.75, 3.05) is 17.6 Å². The smallest absolute Gasteiger partial charge is 0.232 e. The Morgan fingerprint density at radius 2 is 2.12 bits per heavy atom. The van der Waals surface area contributed by atoms with Crippen LogP contribution in [0.2, 0.25) is 0 Å². The van der Waals surface area contributed by atoms with Crippen molar-refractivity contribution >= 4 is 15.7 Å². The van der Waals surface area contributed by atoms with E-state index in [4.69, 9.17) is 4.74 Å². The summed E-state index contributed by atoms with van der Waals surface area (Å²) in [6.45, 7) is 1.91. The van der Waals surface area contributed by atoms with Gasteiger partial charge in [0.25, 0.3) is 0 Å². The Morgan fingerprint density at radius 3 is 2.71 bits per heavy atom. The lowest BCUT2D eigenvalue weighted by atomic mass is 10.3. The number of hydrogen-bond donors (Lipinski definition) is 2. The molecule has 1 aromatic carbocycles. The third kappa shape index (κ3) is 3.81. The second-order valence-corrected chi connectivity index (χ2v) is 5.47. The highest BCUT2D eigenvalue weighted by Crippen LogP contribution is 2.34. The van der Waals surface area contributed by atoms with Crippen LogP contribution in [0.5, 0.6) is 11.5 Å². The van der Waals surface area contributed by atoms with Crippen LogP contribution in [0.4, 0.5) is 5.69 Å². The van der Waals surface area contributed by atoms with E-state index in [9.17, 15) is 13.5 Å². The van der Waals surface area contributed by atoms with Crippen LogP contribution >= 0.6 is 0 Å². The number of aromatic hydroxyl groups is 1. The Bertz CT molecular complexity index is 470. The molecule has 2 N–H and O–H groups in total. The molecule has 0 fully saturated rings. The van der Waals surface area contributed by atoms with Gasteiger partial charge in [-0.15, -0.1) is 0 Å². The molecule has 0 amide bonds. The van der Waals surface area contributed by atoms with Crippen molar-refractivity contribution in [3.8, 4) is 11.5 Å². The van der Waals surface area contributed by atoms with Gasteiger partial charge in [-0.05, 0) is 18.6 Å². The first-order valence-electron chi connectivity index (χ1n) is 5.36. The Hall–Kier alpha value is -1.43. The second kappa shape index (κ2) is 5.77. The summed E-state index contributed by atoms with van der Waals surface area (Å²) in [5.74, 6) is 0.176. The van der Waals surface area contributed by atoms with Crippen LogP contribution in [0.15, 0.2) is 18.2 Å². The molecule has 0 aliphatic rings. The first-order valence-corrected chi connectivity index (χ1v) is 7.02. The number of rotatable bonds is 6. The fourth-order valence-corrected chi connectivity index (χ4v) is 2.62. The molecular formula is C11H17NO4S. The molecule has 0 heterocycles. The number of anilines is 1. The molecule has 0 aromatic heterocycles. The van der Waals surface area contributed by atoms with Crippen molar-refractivity contribution in [2.24, 2.45) is 0 Å². The quantitative estimate of drug-likeness (QED) is 0.765. The minimum Gasteiger partial charge on any atom is -0.506 e. The number of nitrogens with one attached hydrogen (secondary N) is 1. The van der Waals surface area contributed by atoms with Crippen molar-refractivity contribution < 1.29 is 18.3 Å². The minimum absolute atomic E-state index is 0.0288. The Labute approximate surface area is 101 Å². The van der Waals surface area contributed by atoms with Crippen LogP contribution in [-0.2, 0) is 10.0 Å². The molecule has 96 valence electrons. The number of ether oxygens (including phenoxy) is 1. The third-order valence-corrected chi connectivity index (χ3v) is 3.59. The molecule has 6 heteroatoms. The molecule has 0 saturated carbocycles. The standard InChI is InChI=1S/C11H17NO4S/c1-3-4-8-17(14,15)12-11-9(13)6-5-7-10(11)16-2/h5-7,12-13H,3-4,8H2,1-2H3. The van der Waals surface area contributed by atoms with Gasteiger partial charge in [0.2, 0.25) is 10.0 Å². The van der Waals surface area contributed by atoms with E-state index in [1.165, 1.54) is 13.2 Å². The van der Waals surface area contributed by atoms with Crippen LogP contribution in [0.3, 0.4) is 0 Å². The Balaban J connectivity index is 2.94. The van der Waals surface area contributed by atoms with Gasteiger partial charge >= 0.3 is 0 Å². The van der Waals surface area contributed by atoms with Crippen LogP contribution in [0.25, 0.3) is 0 Å². The lowest BCUT2D eigenvalue weighted by molar-refractivity contribution is 0.411. The van der Waals surface area contributed by atoms with E-state index < -0.39 is 10.0 Å². The van der Waals surface area contributed by atoms with E-state index in [1.807, 2.05) is 6.92 Å². The predicted octanol–water partition coefficient (Wildman–Crippen LogP) is 1.94. The van der Waals surface area contributed by atoms with Gasteiger partial charge in [-0.25, -0.2) is 8.42 Å². The van der Waals surface area contributed by atoms with Crippen molar-refractivity contribution in [3.63, 3.8) is 0 Å². The summed E-state index contributed by atoms with van der Waals surface area (Å²) in [5.41, 5.74) is 0.0890. The Kier molecular flexibility index (Phi) is 4.62. The number of methoxy groups -OCH3 is 1. The molecule has 0 aliphatic heterocycles. The zero-order chi connectivity index (χ0) is 12.9. The van der Waals surface area contributed by atoms with Gasteiger partial charge in [-0.3, -0.25) is 4.72 Å². The summed E-state index contributed by atoms with van der Waals surface area (Å²) in [4.78, 5) is 0. The number of phenolic OH excluding ortho intramolecular Hbond substituents is 1. The van der Waals surface area contributed by atoms with E-state index in [0.29, 0.717) is 12.2 Å². The van der Waals surface area contributed by atoms with Gasteiger partial charge < -0.3 is 9.84 Å². The average Bonchev–Trinajstić information content (AvgIpc) is 2.29. The van der Waals surface area contributed by atoms with Crippen LogP contribution in [0.1, 0.15) is 19.8 Å². The molecule has 5 nitrogen and oxygen atoms in total. The summed E-state index contributed by atoms with van der Waals surface area (Å²) in [7, 11) is -2.03. The van der Waals surface area contributed by atoms with E-state index in [2.05, 4.69) is 4.72 Å². The lowest BCUT2D eigenvalue weighted by Gasteiger charge is -2.12. The maximum Gasteiger partial charge on any atom is 0.232 e. The molecule has 0 saturated heterocycles. The summed E-state index contributed by atoms with van der Waals surface area (Å²) in [6, 6.07) is 4.57. The maximum atomic E-state index is 11.7. The highest BCUT2D eigenvalue weighted by molar-refractivity contribution is 7.92. The van der Waals surface area contributed by atoms with Gasteiger partial charge in [0, 0.05) is 0 Å². The van der Waals surface area contributed by atoms with Gasteiger partial charge in [-0.1, -0.05) is 19.4 Å². The van der Waals surface area contributed by atoms with Gasteiger partial charge in [-0.2, -0.15) is 0 Å². The number of hydrogen-bond acceptors (Lipinski definition) is 4. The number of unbranched alkanes of at least 4 members (excludes halogenated alkanes) is 1. The van der Waals surface area contributed by atoms with Crippen LogP contribution < -0.4 is 9.46 Å². The highest BCUT2D eigenvalue weighted by atomic mass is 32.2. The molecule has 1 rings (SSSR count). The number of phenols is 1. The zero-order valence-electron chi connectivity index (χ0n) is 9.93. The van der Waals surface area contributed by atoms with Crippen molar-refractivity contribution in [1.29, 1.82) is 0 Å². The summed E-state index contributed by atoms with van der Waals surface area (Å²) < 4.78 is 30.7. The first kappa shape index (κ1) is 13.6. The van der Waals surface area contributed by atoms with Crippen molar-refractivity contribution in [3.05, 3.63) is 18.2 Å². The number of para-hydroxylation sites is 1. The zero-order valence-corrected chi connectivity index (χ0v) is 10.8. The third-order valence-electron chi connectivity index (χ3n) is 2.25. The van der Waals surface area contributed by atoms with E-state index >= 15 is 0 Å². The van der Waals surface area contributed by atoms with Gasteiger partial charge in [0.15, 0.2) is 0 Å². The maximum absolute atomic E-state index is 11.7. The van der Waals surface area contributed by atoms with Crippen molar-refractivity contribution in [2.45, 2.75) is 19.8 Å². The van der Waals surface area contributed by atoms with Gasteiger partial charge in [0.1, 0.15) is 17.2 Å². The summed E-state index contributed by atoms with van der Waals surface area (Å²) in [5, 5.41) is 9.60. The highest BCUT2D eigenvalue weighted by Gasteiger charge is 2.15. The largest absolute Gasteiger partial charge is 0.506 e.